The van der Waals surface area contributed by atoms with Gasteiger partial charge < -0.3 is 10.8 Å². The lowest BCUT2D eigenvalue weighted by Gasteiger charge is -2.32. The molecule has 0 spiro atoms. The van der Waals surface area contributed by atoms with Gasteiger partial charge in [-0.15, -0.1) is 0 Å². The van der Waals surface area contributed by atoms with Crippen LogP contribution in [-0.4, -0.2) is 20.9 Å². The van der Waals surface area contributed by atoms with Crippen LogP contribution >= 0.6 is 0 Å². The lowest BCUT2D eigenvalue weighted by atomic mass is 9.79. The smallest absolute Gasteiger partial charge is 0.437 e. The van der Waals surface area contributed by atoms with Gasteiger partial charge in [0, 0.05) is 6.20 Å². The Morgan fingerprint density at radius 2 is 2.15 bits per heavy atom. The number of carbonyl (C=O) groups is 1. The number of alkyl halides is 3. The lowest BCUT2D eigenvalue weighted by Crippen LogP contribution is -2.30. The Morgan fingerprint density at radius 3 is 2.60 bits per heavy atom. The lowest BCUT2D eigenvalue weighted by molar-refractivity contribution is -0.143. The minimum atomic E-state index is -4.57. The number of halogens is 3. The van der Waals surface area contributed by atoms with Crippen LogP contribution in [0, 0.1) is 11.8 Å². The summed E-state index contributed by atoms with van der Waals surface area (Å²) in [5, 5.41) is 12.5. The molecule has 0 aliphatic heterocycles. The predicted octanol–water partition coefficient (Wildman–Crippen LogP) is 2.55. The highest BCUT2D eigenvalue weighted by atomic mass is 19.4. The second kappa shape index (κ2) is 4.99. The topological polar surface area (TPSA) is 81.1 Å². The summed E-state index contributed by atoms with van der Waals surface area (Å²) >= 11 is 0. The van der Waals surface area contributed by atoms with E-state index >= 15 is 0 Å². The molecule has 5 nitrogen and oxygen atoms in total. The number of nitrogens with zero attached hydrogens (tertiary/aromatic N) is 2. The number of hydrogen-bond acceptors (Lipinski definition) is 3. The summed E-state index contributed by atoms with van der Waals surface area (Å²) in [6.45, 7) is 1.82. The van der Waals surface area contributed by atoms with Crippen LogP contribution in [-0.2, 0) is 11.0 Å². The first kappa shape index (κ1) is 14.7. The van der Waals surface area contributed by atoms with Crippen LogP contribution in [0.3, 0.4) is 0 Å². The molecule has 0 radical (unpaired) electrons. The standard InChI is InChI=1S/C12H16F3N3O2/c1-6-4-7(11(19)20)2-3-9(6)18-5-8(16)10(17-18)12(13,14)15/h5-7,9H,2-4,16H2,1H3,(H,19,20). The number of aromatic nitrogens is 2. The van der Waals surface area contributed by atoms with Crippen molar-refractivity contribution in [2.75, 3.05) is 5.73 Å². The normalized spacial score (nSPS) is 27.5. The molecule has 8 heteroatoms. The van der Waals surface area contributed by atoms with E-state index in [1.807, 2.05) is 6.92 Å². The fraction of sp³-hybridized carbons (Fsp3) is 0.667. The molecule has 3 atom stereocenters. The average molecular weight is 291 g/mol. The maximum absolute atomic E-state index is 12.7. The maximum Gasteiger partial charge on any atom is 0.437 e. The van der Waals surface area contributed by atoms with Gasteiger partial charge in [0.2, 0.25) is 0 Å². The van der Waals surface area contributed by atoms with Crippen molar-refractivity contribution in [1.29, 1.82) is 0 Å². The SMILES string of the molecule is CC1CC(C(=O)O)CCC1n1cc(N)c(C(F)(F)F)n1. The molecule has 20 heavy (non-hydrogen) atoms. The van der Waals surface area contributed by atoms with Crippen molar-refractivity contribution in [2.45, 2.75) is 38.4 Å². The number of aliphatic carboxylic acids is 1. The van der Waals surface area contributed by atoms with Crippen LogP contribution < -0.4 is 5.73 Å². The summed E-state index contributed by atoms with van der Waals surface area (Å²) in [7, 11) is 0. The van der Waals surface area contributed by atoms with Gasteiger partial charge in [-0.25, -0.2) is 0 Å². The van der Waals surface area contributed by atoms with E-state index in [4.69, 9.17) is 10.8 Å². The van der Waals surface area contributed by atoms with Gasteiger partial charge in [-0.05, 0) is 25.2 Å². The van der Waals surface area contributed by atoms with E-state index in [1.165, 1.54) is 10.9 Å². The highest BCUT2D eigenvalue weighted by Gasteiger charge is 2.39. The van der Waals surface area contributed by atoms with Crippen molar-refractivity contribution in [3.05, 3.63) is 11.9 Å². The quantitative estimate of drug-likeness (QED) is 0.877. The Hall–Kier alpha value is -1.73. The second-order valence-corrected chi connectivity index (χ2v) is 5.30. The van der Waals surface area contributed by atoms with Gasteiger partial charge in [0.25, 0.3) is 0 Å². The minimum absolute atomic E-state index is 0.0646. The molecule has 2 rings (SSSR count). The fourth-order valence-corrected chi connectivity index (χ4v) is 2.79. The van der Waals surface area contributed by atoms with E-state index in [0.29, 0.717) is 19.3 Å². The molecule has 1 fully saturated rings. The highest BCUT2D eigenvalue weighted by Crippen LogP contribution is 2.39. The molecule has 0 amide bonds. The molecule has 0 bridgehead atoms. The van der Waals surface area contributed by atoms with E-state index in [0.717, 1.165) is 0 Å². The average Bonchev–Trinajstić information content (AvgIpc) is 2.70. The van der Waals surface area contributed by atoms with Gasteiger partial charge >= 0.3 is 12.1 Å². The molecule has 1 aliphatic carbocycles. The van der Waals surface area contributed by atoms with Gasteiger partial charge in [-0.2, -0.15) is 18.3 Å². The van der Waals surface area contributed by atoms with Gasteiger partial charge in [0.1, 0.15) is 0 Å². The van der Waals surface area contributed by atoms with Crippen LogP contribution in [0.4, 0.5) is 18.9 Å². The van der Waals surface area contributed by atoms with E-state index in [9.17, 15) is 18.0 Å². The third-order valence-electron chi connectivity index (χ3n) is 3.84. The summed E-state index contributed by atoms with van der Waals surface area (Å²) in [6.07, 6.45) is -2.04. The zero-order valence-electron chi connectivity index (χ0n) is 10.9. The molecule has 1 aliphatic rings. The van der Waals surface area contributed by atoms with Crippen molar-refractivity contribution in [3.63, 3.8) is 0 Å². The Labute approximate surface area is 113 Å². The third-order valence-corrected chi connectivity index (χ3v) is 3.84. The summed E-state index contributed by atoms with van der Waals surface area (Å²) in [6, 6.07) is -0.246. The summed E-state index contributed by atoms with van der Waals surface area (Å²) < 4.78 is 39.2. The monoisotopic (exact) mass is 291 g/mol. The molecule has 0 aromatic carbocycles. The second-order valence-electron chi connectivity index (χ2n) is 5.30. The largest absolute Gasteiger partial charge is 0.481 e. The van der Waals surface area contributed by atoms with Crippen molar-refractivity contribution < 1.29 is 23.1 Å². The number of carboxylic acid groups (broad SMARTS) is 1. The van der Waals surface area contributed by atoms with E-state index in [1.54, 1.807) is 0 Å². The Kier molecular flexibility index (Phi) is 3.66. The number of nitrogens with two attached hydrogens (primary N) is 1. The zero-order chi connectivity index (χ0) is 15.1. The molecule has 3 N–H and O–H groups in total. The van der Waals surface area contributed by atoms with Gasteiger partial charge in [-0.1, -0.05) is 6.92 Å². The molecule has 112 valence electrons. The molecule has 1 heterocycles. The molecular formula is C12H16F3N3O2. The number of hydrogen-bond donors (Lipinski definition) is 2. The number of anilines is 1. The number of nitrogen functional groups attached to an aromatic ring is 1. The van der Waals surface area contributed by atoms with Gasteiger partial charge in [0.05, 0.1) is 17.6 Å². The molecule has 1 aromatic heterocycles. The summed E-state index contributed by atoms with van der Waals surface area (Å²) in [5.74, 6) is -1.35. The van der Waals surface area contributed by atoms with Gasteiger partial charge in [-0.3, -0.25) is 9.48 Å². The Balaban J connectivity index is 2.19. The highest BCUT2D eigenvalue weighted by molar-refractivity contribution is 5.70. The molecule has 1 saturated carbocycles. The zero-order valence-corrected chi connectivity index (χ0v) is 10.9. The van der Waals surface area contributed by atoms with Crippen molar-refractivity contribution in [2.24, 2.45) is 11.8 Å². The van der Waals surface area contributed by atoms with Crippen LogP contribution in [0.5, 0.6) is 0 Å². The Morgan fingerprint density at radius 1 is 1.50 bits per heavy atom. The van der Waals surface area contributed by atoms with E-state index in [-0.39, 0.29) is 12.0 Å². The number of rotatable bonds is 2. The van der Waals surface area contributed by atoms with Crippen LogP contribution in [0.1, 0.15) is 37.9 Å². The van der Waals surface area contributed by atoms with Gasteiger partial charge in [0.15, 0.2) is 5.69 Å². The first-order valence-electron chi connectivity index (χ1n) is 6.34. The summed E-state index contributed by atoms with van der Waals surface area (Å²) in [4.78, 5) is 10.9. The first-order chi connectivity index (χ1) is 9.20. The minimum Gasteiger partial charge on any atom is -0.481 e. The van der Waals surface area contributed by atoms with Crippen LogP contribution in [0.2, 0.25) is 0 Å². The molecule has 1 aromatic rings. The predicted molar refractivity (Wildman–Crippen MR) is 64.8 cm³/mol. The fourth-order valence-electron chi connectivity index (χ4n) is 2.79. The molecule has 3 unspecified atom stereocenters. The Bertz CT molecular complexity index is 513. The third kappa shape index (κ3) is 2.73. The number of carboxylic acids is 1. The van der Waals surface area contributed by atoms with E-state index < -0.39 is 29.4 Å². The van der Waals surface area contributed by atoms with Crippen molar-refractivity contribution >= 4 is 11.7 Å². The van der Waals surface area contributed by atoms with Crippen LogP contribution in [0.15, 0.2) is 6.20 Å². The molecular weight excluding hydrogens is 275 g/mol. The van der Waals surface area contributed by atoms with E-state index in [2.05, 4.69) is 5.10 Å². The molecule has 0 saturated heterocycles. The van der Waals surface area contributed by atoms with Crippen molar-refractivity contribution in [3.8, 4) is 0 Å². The summed E-state index contributed by atoms with van der Waals surface area (Å²) in [5.41, 5.74) is 3.88. The van der Waals surface area contributed by atoms with Crippen LogP contribution in [0.25, 0.3) is 0 Å². The van der Waals surface area contributed by atoms with Crippen molar-refractivity contribution in [1.82, 2.24) is 9.78 Å². The first-order valence-corrected chi connectivity index (χ1v) is 6.34. The maximum atomic E-state index is 12.7.